The van der Waals surface area contributed by atoms with E-state index in [1.807, 2.05) is 44.3 Å². The number of aryl methyl sites for hydroxylation is 1. The molecule has 6 heteroatoms. The molecule has 3 aromatic heterocycles. The van der Waals surface area contributed by atoms with E-state index in [1.165, 1.54) is 0 Å². The molecule has 120 valence electrons. The van der Waals surface area contributed by atoms with Gasteiger partial charge in [0.05, 0.1) is 23.9 Å². The number of aromatic nitrogens is 4. The van der Waals surface area contributed by atoms with Gasteiger partial charge in [-0.1, -0.05) is 13.0 Å². The number of anilines is 1. The molecule has 6 nitrogen and oxygen atoms in total. The van der Waals surface area contributed by atoms with E-state index in [0.29, 0.717) is 25.3 Å². The predicted molar refractivity (Wildman–Crippen MR) is 90.4 cm³/mol. The molecule has 0 aliphatic carbocycles. The molecule has 0 aliphatic rings. The van der Waals surface area contributed by atoms with Crippen LogP contribution in [-0.2, 0) is 6.54 Å². The molecular weight excluding hydrogens is 290 g/mol. The maximum absolute atomic E-state index is 9.79. The minimum atomic E-state index is -0.389. The van der Waals surface area contributed by atoms with E-state index in [4.69, 9.17) is 0 Å². The van der Waals surface area contributed by atoms with E-state index < -0.39 is 0 Å². The molecule has 3 aromatic rings. The first kappa shape index (κ1) is 15.4. The molecule has 0 radical (unpaired) electrons. The fraction of sp³-hybridized carbons (Fsp3) is 0.353. The lowest BCUT2D eigenvalue weighted by molar-refractivity contribution is 0.183. The zero-order valence-corrected chi connectivity index (χ0v) is 13.4. The fourth-order valence-corrected chi connectivity index (χ4v) is 2.50. The number of nitrogens with zero attached hydrogens (tertiary/aromatic N) is 4. The van der Waals surface area contributed by atoms with E-state index in [-0.39, 0.29) is 6.10 Å². The fourth-order valence-electron chi connectivity index (χ4n) is 2.50. The van der Waals surface area contributed by atoms with Gasteiger partial charge in [-0.25, -0.2) is 9.97 Å². The van der Waals surface area contributed by atoms with Crippen molar-refractivity contribution in [1.82, 2.24) is 19.5 Å². The van der Waals surface area contributed by atoms with Gasteiger partial charge in [0.2, 0.25) is 0 Å². The Labute approximate surface area is 135 Å². The maximum atomic E-state index is 9.79. The van der Waals surface area contributed by atoms with E-state index in [1.54, 1.807) is 6.20 Å². The van der Waals surface area contributed by atoms with Gasteiger partial charge in [0.15, 0.2) is 5.82 Å². The molecule has 3 heterocycles. The van der Waals surface area contributed by atoms with Crippen molar-refractivity contribution in [1.29, 1.82) is 0 Å². The van der Waals surface area contributed by atoms with E-state index in [0.717, 1.165) is 22.5 Å². The van der Waals surface area contributed by atoms with Gasteiger partial charge in [-0.05, 0) is 31.5 Å². The van der Waals surface area contributed by atoms with Crippen LogP contribution in [0.3, 0.4) is 0 Å². The van der Waals surface area contributed by atoms with Crippen LogP contribution in [0.25, 0.3) is 11.0 Å². The van der Waals surface area contributed by atoms with Crippen LogP contribution in [-0.4, -0.2) is 37.3 Å². The number of hydrogen-bond acceptors (Lipinski definition) is 5. The number of rotatable bonds is 6. The number of fused-ring (bicyclic) bond motifs is 1. The Morgan fingerprint density at radius 2 is 2.13 bits per heavy atom. The van der Waals surface area contributed by atoms with Crippen molar-refractivity contribution in [2.75, 3.05) is 11.9 Å². The standard InChI is InChI=1S/C17H21N5O/c1-3-14(23)10-19-17-16-15(20-12(2)21-17)7-9-22(16)11-13-6-4-5-8-18-13/h4-9,14,23H,3,10-11H2,1-2H3,(H,19,20,21). The molecule has 1 atom stereocenters. The van der Waals surface area contributed by atoms with Gasteiger partial charge in [-0.2, -0.15) is 0 Å². The second-order valence-corrected chi connectivity index (χ2v) is 5.56. The first-order chi connectivity index (χ1) is 11.2. The van der Waals surface area contributed by atoms with Gasteiger partial charge >= 0.3 is 0 Å². The molecule has 0 fully saturated rings. The number of pyridine rings is 1. The first-order valence-electron chi connectivity index (χ1n) is 7.82. The Hall–Kier alpha value is -2.47. The number of aliphatic hydroxyl groups is 1. The van der Waals surface area contributed by atoms with Crippen LogP contribution < -0.4 is 5.32 Å². The molecular formula is C17H21N5O. The lowest BCUT2D eigenvalue weighted by atomic mass is 10.3. The van der Waals surface area contributed by atoms with Crippen LogP contribution >= 0.6 is 0 Å². The second-order valence-electron chi connectivity index (χ2n) is 5.56. The normalized spacial score (nSPS) is 12.5. The summed E-state index contributed by atoms with van der Waals surface area (Å²) in [5.41, 5.74) is 2.80. The van der Waals surface area contributed by atoms with Gasteiger partial charge in [-0.15, -0.1) is 0 Å². The van der Waals surface area contributed by atoms with Crippen LogP contribution in [0, 0.1) is 6.92 Å². The van der Waals surface area contributed by atoms with Crippen LogP contribution in [0.4, 0.5) is 5.82 Å². The van der Waals surface area contributed by atoms with Crippen LogP contribution in [0.15, 0.2) is 36.7 Å². The zero-order chi connectivity index (χ0) is 16.2. The molecule has 23 heavy (non-hydrogen) atoms. The minimum Gasteiger partial charge on any atom is -0.391 e. The third kappa shape index (κ3) is 3.48. The molecule has 0 bridgehead atoms. The van der Waals surface area contributed by atoms with Crippen molar-refractivity contribution in [2.45, 2.75) is 32.9 Å². The Morgan fingerprint density at radius 1 is 1.26 bits per heavy atom. The van der Waals surface area contributed by atoms with Crippen LogP contribution in [0.2, 0.25) is 0 Å². The molecule has 0 spiro atoms. The van der Waals surface area contributed by atoms with Crippen molar-refractivity contribution in [3.05, 3.63) is 48.2 Å². The lowest BCUT2D eigenvalue weighted by Crippen LogP contribution is -2.19. The number of hydrogen-bond donors (Lipinski definition) is 2. The molecule has 0 saturated heterocycles. The third-order valence-electron chi connectivity index (χ3n) is 3.76. The van der Waals surface area contributed by atoms with E-state index >= 15 is 0 Å². The summed E-state index contributed by atoms with van der Waals surface area (Å²) in [5.74, 6) is 1.46. The largest absolute Gasteiger partial charge is 0.391 e. The highest BCUT2D eigenvalue weighted by atomic mass is 16.3. The molecule has 0 aliphatic heterocycles. The summed E-state index contributed by atoms with van der Waals surface area (Å²) in [7, 11) is 0. The SMILES string of the molecule is CCC(O)CNc1nc(C)nc2ccn(Cc3ccccn3)c12. The van der Waals surface area contributed by atoms with Crippen LogP contribution in [0.1, 0.15) is 24.9 Å². The Bertz CT molecular complexity index is 784. The monoisotopic (exact) mass is 311 g/mol. The van der Waals surface area contributed by atoms with Gasteiger partial charge in [0.25, 0.3) is 0 Å². The second kappa shape index (κ2) is 6.75. The summed E-state index contributed by atoms with van der Waals surface area (Å²) >= 11 is 0. The summed E-state index contributed by atoms with van der Waals surface area (Å²) in [6.07, 6.45) is 4.10. The lowest BCUT2D eigenvalue weighted by Gasteiger charge is -2.13. The van der Waals surface area contributed by atoms with Gasteiger partial charge < -0.3 is 15.0 Å². The van der Waals surface area contributed by atoms with Crippen molar-refractivity contribution in [2.24, 2.45) is 0 Å². The van der Waals surface area contributed by atoms with Gasteiger partial charge in [0, 0.05) is 18.9 Å². The highest BCUT2D eigenvalue weighted by Crippen LogP contribution is 2.22. The summed E-state index contributed by atoms with van der Waals surface area (Å²) < 4.78 is 2.08. The Kier molecular flexibility index (Phi) is 4.52. The van der Waals surface area contributed by atoms with Crippen LogP contribution in [0.5, 0.6) is 0 Å². The highest BCUT2D eigenvalue weighted by Gasteiger charge is 2.12. The number of nitrogens with one attached hydrogen (secondary N) is 1. The van der Waals surface area contributed by atoms with Crippen molar-refractivity contribution >= 4 is 16.9 Å². The van der Waals surface area contributed by atoms with Gasteiger partial charge in [-0.3, -0.25) is 4.98 Å². The highest BCUT2D eigenvalue weighted by molar-refractivity contribution is 5.86. The Morgan fingerprint density at radius 3 is 2.87 bits per heavy atom. The maximum Gasteiger partial charge on any atom is 0.154 e. The average Bonchev–Trinajstić information content (AvgIpc) is 2.95. The first-order valence-corrected chi connectivity index (χ1v) is 7.82. The molecule has 0 saturated carbocycles. The molecule has 3 rings (SSSR count). The van der Waals surface area contributed by atoms with E-state index in [2.05, 4.69) is 24.8 Å². The minimum absolute atomic E-state index is 0.389. The number of aliphatic hydroxyl groups excluding tert-OH is 1. The molecule has 1 unspecified atom stereocenters. The summed E-state index contributed by atoms with van der Waals surface area (Å²) in [6.45, 7) is 4.95. The smallest absolute Gasteiger partial charge is 0.154 e. The molecule has 0 aromatic carbocycles. The molecule has 0 amide bonds. The predicted octanol–water partition coefficient (Wildman–Crippen LogP) is 2.37. The zero-order valence-electron chi connectivity index (χ0n) is 13.4. The molecule has 2 N–H and O–H groups in total. The topological polar surface area (TPSA) is 75.9 Å². The van der Waals surface area contributed by atoms with Gasteiger partial charge in [0.1, 0.15) is 11.3 Å². The summed E-state index contributed by atoms with van der Waals surface area (Å²) in [5, 5.41) is 13.0. The van der Waals surface area contributed by atoms with Crippen molar-refractivity contribution < 1.29 is 5.11 Å². The van der Waals surface area contributed by atoms with Crippen molar-refractivity contribution in [3.63, 3.8) is 0 Å². The third-order valence-corrected chi connectivity index (χ3v) is 3.76. The summed E-state index contributed by atoms with van der Waals surface area (Å²) in [6, 6.07) is 7.86. The van der Waals surface area contributed by atoms with E-state index in [9.17, 15) is 5.11 Å². The quantitative estimate of drug-likeness (QED) is 0.731. The Balaban J connectivity index is 1.96. The average molecular weight is 311 g/mol. The summed E-state index contributed by atoms with van der Waals surface area (Å²) in [4.78, 5) is 13.4. The van der Waals surface area contributed by atoms with Crippen molar-refractivity contribution in [3.8, 4) is 0 Å².